The van der Waals surface area contributed by atoms with E-state index in [1.54, 1.807) is 24.3 Å². The van der Waals surface area contributed by atoms with Crippen LogP contribution in [0.2, 0.25) is 5.02 Å². The first-order valence-corrected chi connectivity index (χ1v) is 8.90. The van der Waals surface area contributed by atoms with Crippen LogP contribution in [0.4, 0.5) is 5.69 Å². The van der Waals surface area contributed by atoms with Gasteiger partial charge in [0.1, 0.15) is 5.54 Å². The first-order chi connectivity index (χ1) is 11.9. The summed E-state index contributed by atoms with van der Waals surface area (Å²) in [5.41, 5.74) is -0.541. The van der Waals surface area contributed by atoms with E-state index in [9.17, 15) is 19.5 Å². The van der Waals surface area contributed by atoms with Gasteiger partial charge in [0.15, 0.2) is 0 Å². The molecule has 134 valence electrons. The van der Waals surface area contributed by atoms with Crippen molar-refractivity contribution in [3.05, 3.63) is 29.3 Å². The second-order valence-corrected chi connectivity index (χ2v) is 7.26. The maximum atomic E-state index is 12.6. The normalized spacial score (nSPS) is 22.7. The van der Waals surface area contributed by atoms with E-state index in [-0.39, 0.29) is 24.8 Å². The van der Waals surface area contributed by atoms with Crippen molar-refractivity contribution in [2.75, 3.05) is 11.4 Å². The Morgan fingerprint density at radius 1 is 1.24 bits per heavy atom. The second kappa shape index (κ2) is 7.04. The SMILES string of the molecule is O=C(NC1(C(=O)O)CCCCC1)[C@H]1CC(=O)N(c2cccc(Cl)c2)C1. The molecule has 1 saturated carbocycles. The van der Waals surface area contributed by atoms with Crippen LogP contribution >= 0.6 is 11.6 Å². The highest BCUT2D eigenvalue weighted by Crippen LogP contribution is 2.31. The van der Waals surface area contributed by atoms with Crippen LogP contribution in [-0.2, 0) is 14.4 Å². The Bertz CT molecular complexity index is 700. The average Bonchev–Trinajstić information content (AvgIpc) is 2.97. The maximum absolute atomic E-state index is 12.6. The number of aliphatic carboxylic acids is 1. The van der Waals surface area contributed by atoms with Gasteiger partial charge in [-0.2, -0.15) is 0 Å². The molecule has 1 atom stereocenters. The molecule has 0 unspecified atom stereocenters. The summed E-state index contributed by atoms with van der Waals surface area (Å²) in [5, 5.41) is 12.8. The molecule has 1 saturated heterocycles. The summed E-state index contributed by atoms with van der Waals surface area (Å²) in [6, 6.07) is 6.92. The van der Waals surface area contributed by atoms with Gasteiger partial charge in [-0.25, -0.2) is 4.79 Å². The van der Waals surface area contributed by atoms with E-state index in [1.165, 1.54) is 4.90 Å². The van der Waals surface area contributed by atoms with E-state index < -0.39 is 17.4 Å². The standard InChI is InChI=1S/C18H21ClN2O4/c19-13-5-4-6-14(10-13)21-11-12(9-15(21)22)16(23)20-18(17(24)25)7-2-1-3-8-18/h4-6,10,12H,1-3,7-9,11H2,(H,20,23)(H,24,25)/t12-/m0/s1. The first kappa shape index (κ1) is 17.7. The molecule has 2 aliphatic rings. The van der Waals surface area contributed by atoms with Crippen LogP contribution in [0.25, 0.3) is 0 Å². The molecule has 0 bridgehead atoms. The molecule has 1 aromatic rings. The van der Waals surface area contributed by atoms with Crippen LogP contribution < -0.4 is 10.2 Å². The predicted molar refractivity (Wildman–Crippen MR) is 93.5 cm³/mol. The summed E-state index contributed by atoms with van der Waals surface area (Å²) >= 11 is 5.97. The molecule has 3 rings (SSSR count). The molecule has 2 fully saturated rings. The molecule has 6 nitrogen and oxygen atoms in total. The molecule has 2 amide bonds. The van der Waals surface area contributed by atoms with Crippen LogP contribution in [0.15, 0.2) is 24.3 Å². The zero-order valence-electron chi connectivity index (χ0n) is 13.8. The highest BCUT2D eigenvalue weighted by Gasteiger charge is 2.44. The third-order valence-corrected chi connectivity index (χ3v) is 5.33. The summed E-state index contributed by atoms with van der Waals surface area (Å²) in [4.78, 5) is 38.2. The van der Waals surface area contributed by atoms with Crippen molar-refractivity contribution in [3.8, 4) is 0 Å². The fourth-order valence-electron chi connectivity index (χ4n) is 3.66. The van der Waals surface area contributed by atoms with E-state index in [0.717, 1.165) is 19.3 Å². The Balaban J connectivity index is 1.71. The quantitative estimate of drug-likeness (QED) is 0.859. The topological polar surface area (TPSA) is 86.7 Å². The molecule has 7 heteroatoms. The van der Waals surface area contributed by atoms with Crippen molar-refractivity contribution < 1.29 is 19.5 Å². The van der Waals surface area contributed by atoms with E-state index in [0.29, 0.717) is 23.6 Å². The van der Waals surface area contributed by atoms with Crippen molar-refractivity contribution in [3.63, 3.8) is 0 Å². The van der Waals surface area contributed by atoms with Gasteiger partial charge in [0.2, 0.25) is 11.8 Å². The Labute approximate surface area is 151 Å². The van der Waals surface area contributed by atoms with Crippen LogP contribution in [0.3, 0.4) is 0 Å². The van der Waals surface area contributed by atoms with Crippen molar-refractivity contribution in [2.24, 2.45) is 5.92 Å². The molecule has 25 heavy (non-hydrogen) atoms. The average molecular weight is 365 g/mol. The number of nitrogens with one attached hydrogen (secondary N) is 1. The fraction of sp³-hybridized carbons (Fsp3) is 0.500. The van der Waals surface area contributed by atoms with Gasteiger partial charge >= 0.3 is 5.97 Å². The Morgan fingerprint density at radius 2 is 1.96 bits per heavy atom. The summed E-state index contributed by atoms with van der Waals surface area (Å²) in [6.07, 6.45) is 3.50. The second-order valence-electron chi connectivity index (χ2n) is 6.82. The van der Waals surface area contributed by atoms with E-state index in [4.69, 9.17) is 11.6 Å². The number of rotatable bonds is 4. The molecular weight excluding hydrogens is 344 g/mol. The zero-order chi connectivity index (χ0) is 18.0. The number of carboxylic acid groups (broad SMARTS) is 1. The number of carbonyl (C=O) groups is 3. The van der Waals surface area contributed by atoms with Crippen LogP contribution in [0.5, 0.6) is 0 Å². The molecular formula is C18H21ClN2O4. The minimum Gasteiger partial charge on any atom is -0.480 e. The van der Waals surface area contributed by atoms with Gasteiger partial charge in [0.25, 0.3) is 0 Å². The van der Waals surface area contributed by atoms with E-state index in [2.05, 4.69) is 5.32 Å². The lowest BCUT2D eigenvalue weighted by Gasteiger charge is -2.34. The number of hydrogen-bond acceptors (Lipinski definition) is 3. The smallest absolute Gasteiger partial charge is 0.329 e. The minimum absolute atomic E-state index is 0.0774. The number of carboxylic acids is 1. The number of nitrogens with zero attached hydrogens (tertiary/aromatic N) is 1. The third kappa shape index (κ3) is 3.63. The number of hydrogen-bond donors (Lipinski definition) is 2. The molecule has 0 spiro atoms. The van der Waals surface area contributed by atoms with Crippen LogP contribution in [0.1, 0.15) is 38.5 Å². The number of amides is 2. The lowest BCUT2D eigenvalue weighted by atomic mass is 9.81. The van der Waals surface area contributed by atoms with Gasteiger partial charge in [-0.3, -0.25) is 9.59 Å². The molecule has 2 N–H and O–H groups in total. The van der Waals surface area contributed by atoms with E-state index in [1.807, 2.05) is 0 Å². The fourth-order valence-corrected chi connectivity index (χ4v) is 3.85. The summed E-state index contributed by atoms with van der Waals surface area (Å²) in [7, 11) is 0. The number of benzene rings is 1. The highest BCUT2D eigenvalue weighted by molar-refractivity contribution is 6.31. The Kier molecular flexibility index (Phi) is 4.99. The van der Waals surface area contributed by atoms with Gasteiger partial charge in [-0.15, -0.1) is 0 Å². The first-order valence-electron chi connectivity index (χ1n) is 8.53. The Hall–Kier alpha value is -2.08. The van der Waals surface area contributed by atoms with Crippen LogP contribution in [0, 0.1) is 5.92 Å². The molecule has 1 aliphatic carbocycles. The lowest BCUT2D eigenvalue weighted by Crippen LogP contribution is -2.57. The number of anilines is 1. The summed E-state index contributed by atoms with van der Waals surface area (Å²) in [5.74, 6) is -2.06. The summed E-state index contributed by atoms with van der Waals surface area (Å²) < 4.78 is 0. The molecule has 0 radical (unpaired) electrons. The van der Waals surface area contributed by atoms with Crippen LogP contribution in [-0.4, -0.2) is 35.0 Å². The van der Waals surface area contributed by atoms with Gasteiger partial charge in [-0.05, 0) is 31.0 Å². The van der Waals surface area contributed by atoms with Crippen molar-refractivity contribution in [1.29, 1.82) is 0 Å². The maximum Gasteiger partial charge on any atom is 0.329 e. The van der Waals surface area contributed by atoms with Crippen molar-refractivity contribution in [2.45, 2.75) is 44.1 Å². The molecule has 1 aromatic carbocycles. The molecule has 1 heterocycles. The Morgan fingerprint density at radius 3 is 2.60 bits per heavy atom. The zero-order valence-corrected chi connectivity index (χ0v) is 14.6. The van der Waals surface area contributed by atoms with Gasteiger partial charge in [0.05, 0.1) is 5.92 Å². The highest BCUT2D eigenvalue weighted by atomic mass is 35.5. The largest absolute Gasteiger partial charge is 0.480 e. The van der Waals surface area contributed by atoms with Gasteiger partial charge in [-0.1, -0.05) is 36.9 Å². The molecule has 0 aromatic heterocycles. The number of halogens is 1. The van der Waals surface area contributed by atoms with Gasteiger partial charge in [0, 0.05) is 23.7 Å². The van der Waals surface area contributed by atoms with Crippen molar-refractivity contribution >= 4 is 35.1 Å². The molecule has 1 aliphatic heterocycles. The third-order valence-electron chi connectivity index (χ3n) is 5.09. The lowest BCUT2D eigenvalue weighted by molar-refractivity contribution is -0.149. The number of carbonyl (C=O) groups excluding carboxylic acids is 2. The minimum atomic E-state index is -1.19. The van der Waals surface area contributed by atoms with E-state index >= 15 is 0 Å². The van der Waals surface area contributed by atoms with Gasteiger partial charge < -0.3 is 15.3 Å². The monoisotopic (exact) mass is 364 g/mol. The summed E-state index contributed by atoms with van der Waals surface area (Å²) in [6.45, 7) is 0.237. The predicted octanol–water partition coefficient (Wildman–Crippen LogP) is 2.60. The van der Waals surface area contributed by atoms with Crippen molar-refractivity contribution in [1.82, 2.24) is 5.32 Å².